The Morgan fingerprint density at radius 1 is 1.00 bits per heavy atom. The van der Waals surface area contributed by atoms with E-state index in [0.29, 0.717) is 24.6 Å². The van der Waals surface area contributed by atoms with Crippen LogP contribution in [0.1, 0.15) is 55.1 Å². The van der Waals surface area contributed by atoms with Crippen LogP contribution in [-0.4, -0.2) is 49.6 Å². The first-order valence-electron chi connectivity index (χ1n) is 12.4. The van der Waals surface area contributed by atoms with Gasteiger partial charge in [-0.05, 0) is 79.9 Å². The van der Waals surface area contributed by atoms with E-state index in [1.54, 1.807) is 32.0 Å². The fraction of sp³-hybridized carbons (Fsp3) is 0.321. The predicted octanol–water partition coefficient (Wildman–Crippen LogP) is 5.77. The molecule has 0 spiro atoms. The van der Waals surface area contributed by atoms with Gasteiger partial charge in [0.05, 0.1) is 28.3 Å². The maximum atomic E-state index is 12.9. The molecular weight excluding hydrogens is 522 g/mol. The van der Waals surface area contributed by atoms with Gasteiger partial charge in [-0.25, -0.2) is 18.2 Å². The number of nitrogens with zero attached hydrogens (tertiary/aromatic N) is 3. The summed E-state index contributed by atoms with van der Waals surface area (Å²) in [6, 6.07) is 17.1. The largest absolute Gasteiger partial charge is 0.496 e. The summed E-state index contributed by atoms with van der Waals surface area (Å²) in [5.74, 6) is 0.713. The quantitative estimate of drug-likeness (QED) is 0.114. The minimum Gasteiger partial charge on any atom is -0.496 e. The Bertz CT molecular complexity index is 1340. The van der Waals surface area contributed by atoms with Gasteiger partial charge >= 0.3 is 5.97 Å². The number of aromatic nitrogens is 1. The Kier molecular flexibility index (Phi) is 10.9. The fourth-order valence-corrected chi connectivity index (χ4v) is 6.14. The van der Waals surface area contributed by atoms with Crippen molar-refractivity contribution in [1.82, 2.24) is 9.29 Å². The van der Waals surface area contributed by atoms with Crippen LogP contribution in [0.5, 0.6) is 5.75 Å². The van der Waals surface area contributed by atoms with Gasteiger partial charge in [0.1, 0.15) is 5.75 Å². The zero-order valence-corrected chi connectivity index (χ0v) is 23.7. The average Bonchev–Trinajstić information content (AvgIpc) is 2.94. The Balaban J connectivity index is 1.70. The molecule has 0 atom stereocenters. The number of ether oxygens (including phenoxy) is 1. The smallest absolute Gasteiger partial charge is 0.365 e. The number of sulfonamides is 1. The van der Waals surface area contributed by atoms with Crippen molar-refractivity contribution in [2.24, 2.45) is 5.16 Å². The van der Waals surface area contributed by atoms with Gasteiger partial charge in [-0.15, -0.1) is 11.8 Å². The monoisotopic (exact) mass is 555 g/mol. The van der Waals surface area contributed by atoms with Crippen molar-refractivity contribution in [3.05, 3.63) is 83.6 Å². The van der Waals surface area contributed by atoms with Gasteiger partial charge in [0.15, 0.2) is 0 Å². The minimum atomic E-state index is -3.62. The van der Waals surface area contributed by atoms with E-state index in [4.69, 9.17) is 9.57 Å². The number of pyridine rings is 1. The van der Waals surface area contributed by atoms with E-state index in [0.717, 1.165) is 34.7 Å². The highest BCUT2D eigenvalue weighted by molar-refractivity contribution is 7.98. The summed E-state index contributed by atoms with van der Waals surface area (Å²) < 4.78 is 32.8. The Labute approximate surface area is 229 Å². The Morgan fingerprint density at radius 2 is 1.68 bits per heavy atom. The highest BCUT2D eigenvalue weighted by Crippen LogP contribution is 2.28. The Morgan fingerprint density at radius 3 is 2.29 bits per heavy atom. The molecule has 0 amide bonds. The van der Waals surface area contributed by atoms with Crippen LogP contribution in [0.15, 0.2) is 81.9 Å². The molecule has 1 heterocycles. The maximum Gasteiger partial charge on any atom is 0.365 e. The number of benzene rings is 2. The van der Waals surface area contributed by atoms with E-state index in [9.17, 15) is 13.2 Å². The number of rotatable bonds is 13. The van der Waals surface area contributed by atoms with Crippen LogP contribution in [0, 0.1) is 0 Å². The number of methoxy groups -OCH3 is 1. The second-order valence-electron chi connectivity index (χ2n) is 8.47. The summed E-state index contributed by atoms with van der Waals surface area (Å²) in [6.45, 7) is 6.52. The molecule has 0 saturated carbocycles. The molecule has 0 saturated heterocycles. The topological polar surface area (TPSA) is 98.2 Å². The summed E-state index contributed by atoms with van der Waals surface area (Å²) in [7, 11) is -2.00. The summed E-state index contributed by atoms with van der Waals surface area (Å²) in [6.07, 6.45) is 3.20. The first-order valence-corrected chi connectivity index (χ1v) is 14.8. The van der Waals surface area contributed by atoms with E-state index in [1.807, 2.05) is 50.2 Å². The second kappa shape index (κ2) is 14.1. The maximum absolute atomic E-state index is 12.9. The SMILES string of the molecule is CCCN(CCC)S(=O)(=O)c1ccc(C(=O)O/N=C(/C)c2ccc(OC)c(CSc3ccccn3)c2)cc1. The molecule has 0 radical (unpaired) electrons. The van der Waals surface area contributed by atoms with Crippen molar-refractivity contribution < 1.29 is 22.8 Å². The number of carbonyl (C=O) groups is 1. The van der Waals surface area contributed by atoms with Gasteiger partial charge in [0.2, 0.25) is 10.0 Å². The third-order valence-corrected chi connectivity index (χ3v) is 8.56. The molecule has 0 aliphatic rings. The number of carbonyl (C=O) groups excluding carboxylic acids is 1. The molecule has 0 fully saturated rings. The van der Waals surface area contributed by atoms with Crippen molar-refractivity contribution in [2.75, 3.05) is 20.2 Å². The van der Waals surface area contributed by atoms with Crippen LogP contribution in [0.4, 0.5) is 0 Å². The van der Waals surface area contributed by atoms with E-state index in [2.05, 4.69) is 10.1 Å². The van der Waals surface area contributed by atoms with Crippen molar-refractivity contribution in [3.8, 4) is 5.75 Å². The molecule has 0 unspecified atom stereocenters. The standard InChI is InChI=1S/C28H33N3O5S2/c1-5-17-31(18-6-2)38(33,34)25-13-10-22(11-14-25)28(32)36-30-21(3)23-12-15-26(35-4)24(19-23)20-37-27-9-7-8-16-29-27/h7-16,19H,5-6,17-18,20H2,1-4H3/b30-21-. The first-order chi connectivity index (χ1) is 18.3. The third kappa shape index (κ3) is 7.66. The lowest BCUT2D eigenvalue weighted by atomic mass is 10.1. The lowest BCUT2D eigenvalue weighted by Crippen LogP contribution is -2.32. The number of thioether (sulfide) groups is 1. The van der Waals surface area contributed by atoms with Crippen molar-refractivity contribution >= 4 is 33.5 Å². The lowest BCUT2D eigenvalue weighted by molar-refractivity contribution is 0.0516. The number of oxime groups is 1. The van der Waals surface area contributed by atoms with Crippen LogP contribution >= 0.6 is 11.8 Å². The lowest BCUT2D eigenvalue weighted by Gasteiger charge is -2.21. The van der Waals surface area contributed by atoms with Crippen molar-refractivity contribution in [2.45, 2.75) is 49.3 Å². The van der Waals surface area contributed by atoms with Crippen molar-refractivity contribution in [3.63, 3.8) is 0 Å². The molecule has 8 nitrogen and oxygen atoms in total. The highest BCUT2D eigenvalue weighted by Gasteiger charge is 2.23. The van der Waals surface area contributed by atoms with Crippen LogP contribution in [0.3, 0.4) is 0 Å². The van der Waals surface area contributed by atoms with E-state index >= 15 is 0 Å². The van der Waals surface area contributed by atoms with E-state index in [-0.39, 0.29) is 10.5 Å². The minimum absolute atomic E-state index is 0.143. The van der Waals surface area contributed by atoms with Gasteiger partial charge < -0.3 is 9.57 Å². The van der Waals surface area contributed by atoms with Crippen molar-refractivity contribution in [1.29, 1.82) is 0 Å². The molecule has 38 heavy (non-hydrogen) atoms. The van der Waals surface area contributed by atoms with Crippen LogP contribution < -0.4 is 4.74 Å². The molecule has 1 aromatic heterocycles. The van der Waals surface area contributed by atoms with Gasteiger partial charge in [-0.3, -0.25) is 0 Å². The van der Waals surface area contributed by atoms with Gasteiger partial charge in [0.25, 0.3) is 0 Å². The normalized spacial score (nSPS) is 12.0. The molecule has 0 bridgehead atoms. The number of hydrogen-bond acceptors (Lipinski definition) is 8. The zero-order valence-electron chi connectivity index (χ0n) is 22.1. The molecule has 3 rings (SSSR count). The molecule has 202 valence electrons. The third-order valence-electron chi connectivity index (χ3n) is 5.65. The van der Waals surface area contributed by atoms with E-state index in [1.165, 1.54) is 28.6 Å². The van der Waals surface area contributed by atoms with Gasteiger partial charge in [-0.2, -0.15) is 4.31 Å². The summed E-state index contributed by atoms with van der Waals surface area (Å²) in [5, 5.41) is 4.92. The van der Waals surface area contributed by atoms with Crippen LogP contribution in [0.2, 0.25) is 0 Å². The van der Waals surface area contributed by atoms with E-state index < -0.39 is 16.0 Å². The summed E-state index contributed by atoms with van der Waals surface area (Å²) in [4.78, 5) is 22.2. The predicted molar refractivity (Wildman–Crippen MR) is 150 cm³/mol. The molecule has 0 N–H and O–H groups in total. The molecule has 3 aromatic rings. The molecule has 0 aliphatic carbocycles. The van der Waals surface area contributed by atoms with Gasteiger partial charge in [0, 0.05) is 30.6 Å². The molecule has 10 heteroatoms. The number of hydrogen-bond donors (Lipinski definition) is 0. The first kappa shape index (κ1) is 29.3. The van der Waals surface area contributed by atoms with Crippen LogP contribution in [-0.2, 0) is 20.6 Å². The Hall–Kier alpha value is -3.21. The fourth-order valence-electron chi connectivity index (χ4n) is 3.68. The molecular formula is C28H33N3O5S2. The van der Waals surface area contributed by atoms with Crippen LogP contribution in [0.25, 0.3) is 0 Å². The highest BCUT2D eigenvalue weighted by atomic mass is 32.2. The average molecular weight is 556 g/mol. The second-order valence-corrected chi connectivity index (χ2v) is 11.4. The van der Waals surface area contributed by atoms with Gasteiger partial charge in [-0.1, -0.05) is 25.1 Å². The molecule has 0 aliphatic heterocycles. The zero-order chi connectivity index (χ0) is 27.5. The summed E-state index contributed by atoms with van der Waals surface area (Å²) in [5.41, 5.74) is 2.46. The molecule has 2 aromatic carbocycles. The summed E-state index contributed by atoms with van der Waals surface area (Å²) >= 11 is 1.59.